The van der Waals surface area contributed by atoms with E-state index in [0.717, 1.165) is 0 Å². The van der Waals surface area contributed by atoms with Gasteiger partial charge in [-0.05, 0) is 49.9 Å². The minimum Gasteiger partial charge on any atom is -0.338 e. The van der Waals surface area contributed by atoms with Gasteiger partial charge in [-0.15, -0.1) is 0 Å². The van der Waals surface area contributed by atoms with Crippen molar-refractivity contribution in [2.24, 2.45) is 5.41 Å². The quantitative estimate of drug-likeness (QED) is 0.818. The van der Waals surface area contributed by atoms with Crippen molar-refractivity contribution in [1.82, 2.24) is 5.16 Å². The molecule has 1 aromatic carbocycles. The molecule has 6 nitrogen and oxygen atoms in total. The van der Waals surface area contributed by atoms with Crippen LogP contribution in [0.1, 0.15) is 40.3 Å². The fraction of sp³-hybridized carbons (Fsp3) is 0.444. The highest BCUT2D eigenvalue weighted by atomic mass is 35.5. The van der Waals surface area contributed by atoms with Crippen LogP contribution in [0.5, 0.6) is 0 Å². The number of aromatic nitrogens is 1. The van der Waals surface area contributed by atoms with E-state index >= 15 is 0 Å². The Kier molecular flexibility index (Phi) is 5.54. The molecule has 0 fully saturated rings. The summed E-state index contributed by atoms with van der Waals surface area (Å²) in [6.07, 6.45) is 0.666. The molecule has 1 aromatic heterocycles. The number of nitrogens with zero attached hydrogens (tertiary/aromatic N) is 1. The summed E-state index contributed by atoms with van der Waals surface area (Å²) in [4.78, 5) is 12.6. The van der Waals surface area contributed by atoms with Crippen LogP contribution < -0.4 is 5.32 Å². The van der Waals surface area contributed by atoms with E-state index in [9.17, 15) is 13.2 Å². The van der Waals surface area contributed by atoms with Crippen molar-refractivity contribution in [3.8, 4) is 0 Å². The second-order valence-electron chi connectivity index (χ2n) is 7.84. The van der Waals surface area contributed by atoms with Gasteiger partial charge in [-0.2, -0.15) is 0 Å². The molecule has 8 heteroatoms. The summed E-state index contributed by atoms with van der Waals surface area (Å²) < 4.78 is 29.1. The average Bonchev–Trinajstić information content (AvgIpc) is 2.92. The van der Waals surface area contributed by atoms with Gasteiger partial charge < -0.3 is 4.52 Å². The summed E-state index contributed by atoms with van der Waals surface area (Å²) in [5.41, 5.74) is 0.696. The van der Waals surface area contributed by atoms with Crippen LogP contribution >= 0.6 is 11.6 Å². The summed E-state index contributed by atoms with van der Waals surface area (Å²) in [7, 11) is -3.93. The van der Waals surface area contributed by atoms with Gasteiger partial charge in [0.2, 0.25) is 11.8 Å². The second-order valence-corrected chi connectivity index (χ2v) is 10.8. The molecule has 2 aromatic rings. The average molecular weight is 399 g/mol. The van der Waals surface area contributed by atoms with Crippen LogP contribution in [-0.4, -0.2) is 24.2 Å². The molecule has 0 aliphatic heterocycles. The summed E-state index contributed by atoms with van der Waals surface area (Å²) in [5, 5.41) is 6.83. The first-order valence-corrected chi connectivity index (χ1v) is 9.96. The van der Waals surface area contributed by atoms with Crippen molar-refractivity contribution in [3.63, 3.8) is 0 Å². The summed E-state index contributed by atoms with van der Waals surface area (Å²) in [6.45, 7) is 8.86. The standard InChI is InChI=1S/C18H23ClN2O4S/c1-17(2,3)11-13-10-15(25-21-13)20-16(22)18(4,5)26(23,24)14-8-6-12(19)7-9-14/h6-10H,11H2,1-5H3,(H,20,22). The Hall–Kier alpha value is -1.86. The first-order chi connectivity index (χ1) is 11.8. The maximum absolute atomic E-state index is 12.8. The van der Waals surface area contributed by atoms with Crippen LogP contribution in [0, 0.1) is 5.41 Å². The summed E-state index contributed by atoms with van der Waals surface area (Å²) in [5.74, 6) is -0.584. The highest BCUT2D eigenvalue weighted by Gasteiger charge is 2.43. The van der Waals surface area contributed by atoms with Crippen LogP contribution in [0.2, 0.25) is 5.02 Å². The van der Waals surface area contributed by atoms with Crippen molar-refractivity contribution < 1.29 is 17.7 Å². The van der Waals surface area contributed by atoms with E-state index in [1.807, 2.05) is 0 Å². The molecule has 0 bridgehead atoms. The van der Waals surface area contributed by atoms with Crippen LogP contribution in [0.3, 0.4) is 0 Å². The zero-order chi connectivity index (χ0) is 19.8. The lowest BCUT2D eigenvalue weighted by molar-refractivity contribution is -0.118. The highest BCUT2D eigenvalue weighted by molar-refractivity contribution is 7.93. The third-order valence-corrected chi connectivity index (χ3v) is 6.52. The Bertz CT molecular complexity index is 894. The number of amides is 1. The van der Waals surface area contributed by atoms with Crippen LogP contribution in [-0.2, 0) is 21.1 Å². The number of carbonyl (C=O) groups excluding carboxylic acids is 1. The number of sulfone groups is 1. The third-order valence-electron chi connectivity index (χ3n) is 3.85. The molecule has 2 rings (SSSR count). The molecule has 0 saturated heterocycles. The molecule has 0 radical (unpaired) electrons. The smallest absolute Gasteiger partial charge is 0.248 e. The summed E-state index contributed by atoms with van der Waals surface area (Å²) >= 11 is 5.80. The number of hydrogen-bond donors (Lipinski definition) is 1. The first kappa shape index (κ1) is 20.5. The number of halogens is 1. The number of rotatable bonds is 5. The molecular formula is C18H23ClN2O4S. The molecular weight excluding hydrogens is 376 g/mol. The molecule has 0 aliphatic rings. The van der Waals surface area contributed by atoms with E-state index in [1.165, 1.54) is 38.1 Å². The number of benzene rings is 1. The van der Waals surface area contributed by atoms with Crippen molar-refractivity contribution in [1.29, 1.82) is 0 Å². The van der Waals surface area contributed by atoms with E-state index in [-0.39, 0.29) is 16.2 Å². The monoisotopic (exact) mass is 398 g/mol. The van der Waals surface area contributed by atoms with Gasteiger partial charge in [0.1, 0.15) is 4.75 Å². The zero-order valence-electron chi connectivity index (χ0n) is 15.5. The lowest BCUT2D eigenvalue weighted by atomic mass is 9.91. The minimum absolute atomic E-state index is 0.00927. The molecule has 0 atom stereocenters. The first-order valence-electron chi connectivity index (χ1n) is 8.10. The normalized spacial score (nSPS) is 12.8. The Labute approximate surface area is 158 Å². The maximum atomic E-state index is 12.8. The highest BCUT2D eigenvalue weighted by Crippen LogP contribution is 2.28. The third kappa shape index (κ3) is 4.45. The van der Waals surface area contributed by atoms with E-state index < -0.39 is 20.5 Å². The number of hydrogen-bond acceptors (Lipinski definition) is 5. The Balaban J connectivity index is 2.21. The fourth-order valence-corrected chi connectivity index (χ4v) is 3.79. The van der Waals surface area contributed by atoms with E-state index in [4.69, 9.17) is 16.1 Å². The van der Waals surface area contributed by atoms with Crippen LogP contribution in [0.4, 0.5) is 5.88 Å². The topological polar surface area (TPSA) is 89.3 Å². The minimum atomic E-state index is -3.93. The zero-order valence-corrected chi connectivity index (χ0v) is 17.0. The number of nitrogens with one attached hydrogen (secondary N) is 1. The van der Waals surface area contributed by atoms with Crippen LogP contribution in [0.15, 0.2) is 39.8 Å². The number of anilines is 1. The van der Waals surface area contributed by atoms with Gasteiger partial charge >= 0.3 is 0 Å². The van der Waals surface area contributed by atoms with Gasteiger partial charge in [0.25, 0.3) is 0 Å². The fourth-order valence-electron chi connectivity index (χ4n) is 2.29. The van der Waals surface area contributed by atoms with E-state index in [1.54, 1.807) is 6.07 Å². The number of carbonyl (C=O) groups is 1. The van der Waals surface area contributed by atoms with E-state index in [0.29, 0.717) is 17.1 Å². The molecule has 0 spiro atoms. The second kappa shape index (κ2) is 7.04. The van der Waals surface area contributed by atoms with Gasteiger partial charge in [0.05, 0.1) is 10.6 Å². The van der Waals surface area contributed by atoms with Crippen molar-refractivity contribution in [2.45, 2.75) is 50.7 Å². The molecule has 26 heavy (non-hydrogen) atoms. The Morgan fingerprint density at radius 1 is 1.15 bits per heavy atom. The lowest BCUT2D eigenvalue weighted by Gasteiger charge is -2.23. The van der Waals surface area contributed by atoms with Crippen molar-refractivity contribution >= 4 is 33.2 Å². The molecule has 1 heterocycles. The Morgan fingerprint density at radius 3 is 2.27 bits per heavy atom. The molecule has 1 N–H and O–H groups in total. The predicted molar refractivity (Wildman–Crippen MR) is 101 cm³/mol. The van der Waals surface area contributed by atoms with Gasteiger partial charge in [-0.25, -0.2) is 8.42 Å². The van der Waals surface area contributed by atoms with E-state index in [2.05, 4.69) is 31.2 Å². The molecule has 0 unspecified atom stereocenters. The van der Waals surface area contributed by atoms with Gasteiger partial charge in [-0.3, -0.25) is 10.1 Å². The van der Waals surface area contributed by atoms with Crippen LogP contribution in [0.25, 0.3) is 0 Å². The molecule has 0 saturated carbocycles. The summed E-state index contributed by atoms with van der Waals surface area (Å²) in [6, 6.07) is 7.30. The van der Waals surface area contributed by atoms with Gasteiger partial charge in [-0.1, -0.05) is 37.5 Å². The maximum Gasteiger partial charge on any atom is 0.248 e. The van der Waals surface area contributed by atoms with Crippen molar-refractivity contribution in [3.05, 3.63) is 41.0 Å². The predicted octanol–water partition coefficient (Wildman–Crippen LogP) is 4.11. The molecule has 0 aliphatic carbocycles. The van der Waals surface area contributed by atoms with Gasteiger partial charge in [0, 0.05) is 11.1 Å². The Morgan fingerprint density at radius 2 is 1.73 bits per heavy atom. The molecule has 142 valence electrons. The van der Waals surface area contributed by atoms with Crippen molar-refractivity contribution in [2.75, 3.05) is 5.32 Å². The van der Waals surface area contributed by atoms with Gasteiger partial charge in [0.15, 0.2) is 9.84 Å². The molecule has 1 amide bonds. The largest absolute Gasteiger partial charge is 0.338 e. The lowest BCUT2D eigenvalue weighted by Crippen LogP contribution is -2.44. The SMILES string of the molecule is CC(C)(C)Cc1cc(NC(=O)C(C)(C)S(=O)(=O)c2ccc(Cl)cc2)on1.